The summed E-state index contributed by atoms with van der Waals surface area (Å²) in [6.45, 7) is 1.71. The highest BCUT2D eigenvalue weighted by Gasteiger charge is 2.12. The maximum absolute atomic E-state index is 11.6. The smallest absolute Gasteiger partial charge is 0.279 e. The van der Waals surface area contributed by atoms with Gasteiger partial charge in [-0.2, -0.15) is 0 Å². The highest BCUT2D eigenvalue weighted by atomic mass is 35.5. The molecule has 0 bridgehead atoms. The number of anilines is 1. The van der Waals surface area contributed by atoms with Crippen LogP contribution in [0.1, 0.15) is 16.2 Å². The third-order valence-corrected chi connectivity index (χ3v) is 2.16. The zero-order valence-corrected chi connectivity index (χ0v) is 9.15. The van der Waals surface area contributed by atoms with Crippen LogP contribution in [0, 0.1) is 6.92 Å². The van der Waals surface area contributed by atoms with Crippen molar-refractivity contribution in [3.05, 3.63) is 40.9 Å². The lowest BCUT2D eigenvalue weighted by molar-refractivity contribution is 0.101. The molecule has 2 rings (SSSR count). The number of aryl methyl sites for hydroxylation is 1. The van der Waals surface area contributed by atoms with Crippen molar-refractivity contribution in [3.63, 3.8) is 0 Å². The van der Waals surface area contributed by atoms with E-state index in [1.807, 2.05) is 0 Å². The first-order valence-corrected chi connectivity index (χ1v) is 4.90. The molecule has 0 unspecified atom stereocenters. The van der Waals surface area contributed by atoms with Gasteiger partial charge in [-0.05, 0) is 19.1 Å². The van der Waals surface area contributed by atoms with E-state index in [0.717, 1.165) is 0 Å². The zero-order valence-electron chi connectivity index (χ0n) is 8.40. The molecule has 0 aliphatic heterocycles. The topological polar surface area (TPSA) is 68.0 Å². The fourth-order valence-electron chi connectivity index (χ4n) is 1.12. The van der Waals surface area contributed by atoms with Crippen LogP contribution in [0.5, 0.6) is 0 Å². The molecule has 82 valence electrons. The van der Waals surface area contributed by atoms with Crippen molar-refractivity contribution < 1.29 is 9.32 Å². The first kappa shape index (κ1) is 10.6. The average molecular weight is 238 g/mol. The van der Waals surface area contributed by atoms with Crippen LogP contribution >= 0.6 is 11.6 Å². The van der Waals surface area contributed by atoms with Gasteiger partial charge in [-0.1, -0.05) is 16.8 Å². The predicted molar refractivity (Wildman–Crippen MR) is 58.4 cm³/mol. The number of pyridine rings is 1. The van der Waals surface area contributed by atoms with E-state index in [1.165, 1.54) is 12.3 Å². The fraction of sp³-hybridized carbons (Fsp3) is 0.100. The molecule has 2 aromatic heterocycles. The highest BCUT2D eigenvalue weighted by Crippen LogP contribution is 2.18. The number of nitrogens with zero attached hydrogens (tertiary/aromatic N) is 2. The van der Waals surface area contributed by atoms with E-state index in [4.69, 9.17) is 16.1 Å². The van der Waals surface area contributed by atoms with Gasteiger partial charge in [0.25, 0.3) is 5.91 Å². The van der Waals surface area contributed by atoms with Crippen LogP contribution in [0.15, 0.2) is 28.9 Å². The van der Waals surface area contributed by atoms with Gasteiger partial charge in [0.2, 0.25) is 0 Å². The molecular formula is C10H8ClN3O2. The minimum absolute atomic E-state index is 0.194. The van der Waals surface area contributed by atoms with E-state index in [9.17, 15) is 4.79 Å². The minimum atomic E-state index is -0.405. The van der Waals surface area contributed by atoms with Crippen molar-refractivity contribution in [2.24, 2.45) is 0 Å². The number of carbonyl (C=O) groups is 1. The van der Waals surface area contributed by atoms with E-state index < -0.39 is 5.91 Å². The summed E-state index contributed by atoms with van der Waals surface area (Å²) in [7, 11) is 0. The molecule has 5 nitrogen and oxygen atoms in total. The van der Waals surface area contributed by atoms with Crippen molar-refractivity contribution in [1.82, 2.24) is 10.1 Å². The third-order valence-electron chi connectivity index (χ3n) is 1.85. The van der Waals surface area contributed by atoms with Crippen molar-refractivity contribution in [2.75, 3.05) is 5.32 Å². The molecule has 0 spiro atoms. The maximum atomic E-state index is 11.6. The van der Waals surface area contributed by atoms with Gasteiger partial charge in [0.15, 0.2) is 11.5 Å². The fourth-order valence-corrected chi connectivity index (χ4v) is 1.29. The second-order valence-corrected chi connectivity index (χ2v) is 3.52. The standard InChI is InChI=1S/C10H8ClN3O2/c1-6-5-8(14-16-6)10(15)13-9-7(11)3-2-4-12-9/h2-5H,1H3,(H,12,13,15). The van der Waals surface area contributed by atoms with Crippen molar-refractivity contribution in [3.8, 4) is 0 Å². The molecule has 1 N–H and O–H groups in total. The van der Waals surface area contributed by atoms with Gasteiger partial charge < -0.3 is 9.84 Å². The summed E-state index contributed by atoms with van der Waals surface area (Å²) >= 11 is 5.84. The number of nitrogens with one attached hydrogen (secondary N) is 1. The summed E-state index contributed by atoms with van der Waals surface area (Å²) < 4.78 is 4.79. The molecule has 0 radical (unpaired) electrons. The van der Waals surface area contributed by atoms with Crippen LogP contribution in [-0.4, -0.2) is 16.0 Å². The van der Waals surface area contributed by atoms with Crippen molar-refractivity contribution >= 4 is 23.3 Å². The van der Waals surface area contributed by atoms with E-state index in [0.29, 0.717) is 16.6 Å². The van der Waals surface area contributed by atoms with Crippen LogP contribution in [0.2, 0.25) is 5.02 Å². The Bertz CT molecular complexity index is 524. The second-order valence-electron chi connectivity index (χ2n) is 3.11. The van der Waals surface area contributed by atoms with Crippen molar-refractivity contribution in [1.29, 1.82) is 0 Å². The number of hydrogen-bond donors (Lipinski definition) is 1. The Kier molecular flexibility index (Phi) is 2.87. The van der Waals surface area contributed by atoms with Crippen molar-refractivity contribution in [2.45, 2.75) is 6.92 Å². The van der Waals surface area contributed by atoms with E-state index >= 15 is 0 Å². The summed E-state index contributed by atoms with van der Waals surface area (Å²) in [6.07, 6.45) is 1.54. The summed E-state index contributed by atoms with van der Waals surface area (Å²) in [5.74, 6) is 0.463. The van der Waals surface area contributed by atoms with Gasteiger partial charge in [-0.15, -0.1) is 0 Å². The Morgan fingerprint density at radius 3 is 3.00 bits per heavy atom. The molecule has 16 heavy (non-hydrogen) atoms. The molecule has 1 amide bonds. The third kappa shape index (κ3) is 2.20. The number of carbonyl (C=O) groups excluding carboxylic acids is 1. The lowest BCUT2D eigenvalue weighted by atomic mass is 10.3. The Morgan fingerprint density at radius 2 is 2.38 bits per heavy atom. The van der Waals surface area contributed by atoms with Gasteiger partial charge in [0.1, 0.15) is 5.76 Å². The lowest BCUT2D eigenvalue weighted by Gasteiger charge is -2.02. The summed E-state index contributed by atoms with van der Waals surface area (Å²) in [4.78, 5) is 15.6. The largest absolute Gasteiger partial charge is 0.361 e. The van der Waals surface area contributed by atoms with Crippen LogP contribution < -0.4 is 5.32 Å². The monoisotopic (exact) mass is 237 g/mol. The summed E-state index contributed by atoms with van der Waals surface area (Å²) in [5.41, 5.74) is 0.194. The summed E-state index contributed by atoms with van der Waals surface area (Å²) in [6, 6.07) is 4.85. The second kappa shape index (κ2) is 4.32. The molecule has 0 saturated carbocycles. The molecule has 0 fully saturated rings. The number of halogens is 1. The molecule has 0 atom stereocenters. The number of aromatic nitrogens is 2. The molecule has 0 aliphatic rings. The molecule has 6 heteroatoms. The first-order valence-electron chi connectivity index (χ1n) is 4.52. The van der Waals surface area contributed by atoms with E-state index in [-0.39, 0.29) is 5.69 Å². The first-order chi connectivity index (χ1) is 7.66. The van der Waals surface area contributed by atoms with Gasteiger partial charge in [0, 0.05) is 12.3 Å². The molecule has 0 aliphatic carbocycles. The molecular weight excluding hydrogens is 230 g/mol. The van der Waals surface area contributed by atoms with Crippen LogP contribution in [0.4, 0.5) is 5.82 Å². The SMILES string of the molecule is Cc1cc(C(=O)Nc2ncccc2Cl)no1. The van der Waals surface area contributed by atoms with Gasteiger partial charge >= 0.3 is 0 Å². The van der Waals surface area contributed by atoms with Crippen LogP contribution in [-0.2, 0) is 0 Å². The summed E-state index contributed by atoms with van der Waals surface area (Å²) in [5, 5.41) is 6.49. The molecule has 0 aromatic carbocycles. The van der Waals surface area contributed by atoms with Gasteiger partial charge in [-0.25, -0.2) is 4.98 Å². The Labute approximate surface area is 96.4 Å². The average Bonchev–Trinajstić information content (AvgIpc) is 2.68. The molecule has 0 saturated heterocycles. The van der Waals surface area contributed by atoms with E-state index in [1.54, 1.807) is 19.1 Å². The van der Waals surface area contributed by atoms with Gasteiger partial charge in [-0.3, -0.25) is 4.79 Å². The van der Waals surface area contributed by atoms with Gasteiger partial charge in [0.05, 0.1) is 5.02 Å². The maximum Gasteiger partial charge on any atom is 0.279 e. The predicted octanol–water partition coefficient (Wildman–Crippen LogP) is 2.28. The highest BCUT2D eigenvalue weighted by molar-refractivity contribution is 6.33. The Balaban J connectivity index is 2.17. The van der Waals surface area contributed by atoms with Crippen LogP contribution in [0.25, 0.3) is 0 Å². The number of amides is 1. The Morgan fingerprint density at radius 1 is 1.56 bits per heavy atom. The van der Waals surface area contributed by atoms with Crippen LogP contribution in [0.3, 0.4) is 0 Å². The Hall–Kier alpha value is -1.88. The zero-order chi connectivity index (χ0) is 11.5. The minimum Gasteiger partial charge on any atom is -0.361 e. The molecule has 2 aromatic rings. The normalized spacial score (nSPS) is 10.1. The lowest BCUT2D eigenvalue weighted by Crippen LogP contribution is -2.13. The van der Waals surface area contributed by atoms with E-state index in [2.05, 4.69) is 15.5 Å². The number of hydrogen-bond acceptors (Lipinski definition) is 4. The number of rotatable bonds is 2. The quantitative estimate of drug-likeness (QED) is 0.870. The molecule has 2 heterocycles.